The van der Waals surface area contributed by atoms with Crippen LogP contribution in [0.3, 0.4) is 0 Å². The van der Waals surface area contributed by atoms with Gasteiger partial charge in [0.2, 0.25) is 0 Å². The van der Waals surface area contributed by atoms with Gasteiger partial charge in [0.05, 0.1) is 10.5 Å². The lowest BCUT2D eigenvalue weighted by molar-refractivity contribution is 0.382. The van der Waals surface area contributed by atoms with Crippen LogP contribution >= 0.6 is 19.5 Å². The number of hydrogen-bond donors (Lipinski definition) is 0. The summed E-state index contributed by atoms with van der Waals surface area (Å²) < 4.78 is 154. The van der Waals surface area contributed by atoms with Crippen LogP contribution in [0, 0.1) is 84.4 Å². The molecule has 0 N–H and O–H groups in total. The number of halogens is 10. The van der Waals surface area contributed by atoms with Crippen molar-refractivity contribution in [2.24, 2.45) is 10.4 Å². The predicted octanol–water partition coefficient (Wildman–Crippen LogP) is 9.77. The van der Waals surface area contributed by atoms with Crippen LogP contribution in [-0.2, 0) is 0 Å². The Morgan fingerprint density at radius 2 is 1.02 bits per heavy atom. The average Bonchev–Trinajstić information content (AvgIpc) is 3.28. The van der Waals surface area contributed by atoms with Gasteiger partial charge in [-0.15, -0.1) is 17.0 Å². The maximum atomic E-state index is 16.1. The number of nitrogens with zero attached hydrogens (tertiary/aromatic N) is 1. The van der Waals surface area contributed by atoms with E-state index < -0.39 is 87.9 Å². The molecule has 0 aromatic heterocycles. The van der Waals surface area contributed by atoms with Gasteiger partial charge in [0, 0.05) is 0 Å². The van der Waals surface area contributed by atoms with Gasteiger partial charge >= 0.3 is 0 Å². The van der Waals surface area contributed by atoms with Gasteiger partial charge in [-0.05, 0) is 62.7 Å². The Balaban J connectivity index is 2.13. The summed E-state index contributed by atoms with van der Waals surface area (Å²) in [7, 11) is -2.29. The molecule has 1 saturated heterocycles. The van der Waals surface area contributed by atoms with E-state index in [4.69, 9.17) is 0 Å². The summed E-state index contributed by atoms with van der Waals surface area (Å²) in [5, 5.41) is 0.170. The zero-order chi connectivity index (χ0) is 35.6. The van der Waals surface area contributed by atoms with Gasteiger partial charge in [-0.3, -0.25) is 0 Å². The first-order valence-corrected chi connectivity index (χ1v) is 16.7. The Bertz CT molecular complexity index is 1890. The Labute approximate surface area is 275 Å². The fourth-order valence-corrected chi connectivity index (χ4v) is 12.3. The molecule has 0 radical (unpaired) electrons. The van der Waals surface area contributed by atoms with Crippen molar-refractivity contribution in [1.29, 1.82) is 0 Å². The largest absolute Gasteiger partial charge is 0.303 e. The van der Waals surface area contributed by atoms with Gasteiger partial charge in [-0.2, -0.15) is 5.21 Å². The van der Waals surface area contributed by atoms with E-state index in [0.717, 1.165) is 5.56 Å². The molecule has 4 aromatic carbocycles. The van der Waals surface area contributed by atoms with Crippen molar-refractivity contribution in [3.05, 3.63) is 129 Å². The summed E-state index contributed by atoms with van der Waals surface area (Å²) in [5.74, 6) is -24.8. The maximum absolute atomic E-state index is 16.1. The minimum Gasteiger partial charge on any atom is -0.303 e. The Morgan fingerprint density at radius 3 is 1.42 bits per heavy atom. The molecule has 0 bridgehead atoms. The van der Waals surface area contributed by atoms with E-state index in [1.807, 2.05) is 0 Å². The van der Waals surface area contributed by atoms with Crippen LogP contribution in [0.25, 0.3) is 0 Å². The third-order valence-electron chi connectivity index (χ3n) is 7.87. The first-order chi connectivity index (χ1) is 22.3. The summed E-state index contributed by atoms with van der Waals surface area (Å²) in [4.78, 5) is 4.59. The van der Waals surface area contributed by atoms with Gasteiger partial charge in [0.1, 0.15) is 23.3 Å². The molecule has 0 aliphatic carbocycles. The molecule has 5 rings (SSSR count). The first-order valence-electron chi connectivity index (χ1n) is 14.5. The lowest BCUT2D eigenvalue weighted by Crippen LogP contribution is -2.62. The number of hydrogen-bond acceptors (Lipinski definition) is 2. The second-order valence-corrected chi connectivity index (χ2v) is 16.3. The molecule has 1 heterocycles. The summed E-state index contributed by atoms with van der Waals surface area (Å²) >= 11 is 0.237. The molecule has 0 spiro atoms. The molecule has 0 amide bonds. The highest BCUT2D eigenvalue weighted by molar-refractivity contribution is 8.54. The minimum absolute atomic E-state index is 0.0744. The number of benzene rings is 4. The van der Waals surface area contributed by atoms with Crippen molar-refractivity contribution in [1.82, 2.24) is 0 Å². The molecule has 1 unspecified atom stereocenters. The van der Waals surface area contributed by atoms with E-state index in [1.165, 1.54) is 18.2 Å². The van der Waals surface area contributed by atoms with Gasteiger partial charge in [0.25, 0.3) is 0 Å². The number of aliphatic imine (C=N–C) groups is 1. The highest BCUT2D eigenvalue weighted by atomic mass is 32.2. The van der Waals surface area contributed by atoms with Crippen LogP contribution in [0.4, 0.5) is 49.6 Å². The Kier molecular flexibility index (Phi) is 9.46. The van der Waals surface area contributed by atoms with Crippen LogP contribution in [0.15, 0.2) is 58.7 Å². The molecule has 252 valence electrons. The monoisotopic (exact) mass is 712 g/mol. The lowest BCUT2D eigenvalue weighted by Gasteiger charge is -2.41. The minimum atomic E-state index is -4.31. The molecular formula is C34H26BF10NPS-. The molecule has 0 saturated carbocycles. The molecule has 1 aliphatic rings. The summed E-state index contributed by atoms with van der Waals surface area (Å²) in [5.41, 5.74) is -6.62. The molecule has 1 atom stereocenters. The van der Waals surface area contributed by atoms with Gasteiger partial charge in [0.15, 0.2) is 40.3 Å². The van der Waals surface area contributed by atoms with Crippen molar-refractivity contribution < 1.29 is 43.9 Å². The average molecular weight is 712 g/mol. The predicted molar refractivity (Wildman–Crippen MR) is 173 cm³/mol. The van der Waals surface area contributed by atoms with Crippen molar-refractivity contribution in [2.75, 3.05) is 0 Å². The van der Waals surface area contributed by atoms with Gasteiger partial charge < -0.3 is 11.6 Å². The zero-order valence-electron chi connectivity index (χ0n) is 26.3. The maximum Gasteiger partial charge on any atom is 0.200 e. The first kappa shape index (κ1) is 35.7. The van der Waals surface area contributed by atoms with Crippen molar-refractivity contribution >= 4 is 51.7 Å². The molecule has 14 heteroatoms. The summed E-state index contributed by atoms with van der Waals surface area (Å²) in [6.45, 7) is 9.97. The number of rotatable bonds is 4. The highest BCUT2D eigenvalue weighted by Crippen LogP contribution is 2.65. The van der Waals surface area contributed by atoms with Crippen molar-refractivity contribution in [2.45, 2.75) is 41.5 Å². The molecule has 1 nitrogen and oxygen atoms in total. The second kappa shape index (κ2) is 12.7. The van der Waals surface area contributed by atoms with Crippen LogP contribution < -0.4 is 16.2 Å². The number of para-hydroxylation sites is 1. The van der Waals surface area contributed by atoms with E-state index in [1.54, 1.807) is 71.9 Å². The second-order valence-electron chi connectivity index (χ2n) is 12.6. The van der Waals surface area contributed by atoms with E-state index in [-0.39, 0.29) is 27.3 Å². The zero-order valence-corrected chi connectivity index (χ0v) is 28.0. The highest BCUT2D eigenvalue weighted by Gasteiger charge is 2.53. The van der Waals surface area contributed by atoms with Crippen molar-refractivity contribution in [3.8, 4) is 0 Å². The normalized spacial score (nSPS) is 18.0. The fraction of sp³-hybridized carbons (Fsp3) is 0.206. The van der Waals surface area contributed by atoms with E-state index in [2.05, 4.69) is 4.99 Å². The summed E-state index contributed by atoms with van der Waals surface area (Å²) in [6.07, 6.45) is 1.34. The standard InChI is InChI=1S/C34H26BF10NPS/c1-15-12-16(2)32(17(3)13-15)47-19(14-34(4,5)6)35(48-33(47)46-18-10-8-7-9-11-18,20-22(36)26(40)30(44)27(41)23(20)37)21-24(38)28(42)31(45)29(43)25(21)39/h7-14H,1-6H3/q-1/b19-14-,46-33?. The molecular weight excluding hydrogens is 686 g/mol. The quantitative estimate of drug-likeness (QED) is 0.0675. The Morgan fingerprint density at radius 1 is 0.625 bits per heavy atom. The Hall–Kier alpha value is -3.57. The summed E-state index contributed by atoms with van der Waals surface area (Å²) in [6, 6.07) is 11.4. The SMILES string of the molecule is Cc1cc(C)c(P2C(=Nc3ccccc3)S[B-](c3c(F)c(F)c(F)c(F)c3F)(c3c(F)c(F)c(F)c(F)c3F)/C2=C/C(C)(C)C)c(C)c1. The molecule has 48 heavy (non-hydrogen) atoms. The third-order valence-corrected chi connectivity index (χ3v) is 13.0. The lowest BCUT2D eigenvalue weighted by atomic mass is 9.36. The fourth-order valence-electron chi connectivity index (χ4n) is 6.14. The van der Waals surface area contributed by atoms with E-state index in [9.17, 15) is 8.78 Å². The van der Waals surface area contributed by atoms with Crippen LogP contribution in [0.1, 0.15) is 37.5 Å². The van der Waals surface area contributed by atoms with E-state index >= 15 is 35.1 Å². The van der Waals surface area contributed by atoms with Crippen LogP contribution in [-0.4, -0.2) is 10.2 Å². The van der Waals surface area contributed by atoms with E-state index in [0.29, 0.717) is 16.4 Å². The molecule has 1 fully saturated rings. The number of aryl methyl sites for hydroxylation is 3. The molecule has 1 aliphatic heterocycles. The van der Waals surface area contributed by atoms with Gasteiger partial charge in [-0.25, -0.2) is 48.9 Å². The third kappa shape index (κ3) is 5.76. The molecule has 4 aromatic rings. The number of allylic oxidation sites excluding steroid dienone is 1. The van der Waals surface area contributed by atoms with Crippen LogP contribution in [0.5, 0.6) is 0 Å². The van der Waals surface area contributed by atoms with Gasteiger partial charge in [-0.1, -0.05) is 56.7 Å². The van der Waals surface area contributed by atoms with Crippen molar-refractivity contribution in [3.63, 3.8) is 0 Å². The van der Waals surface area contributed by atoms with Crippen LogP contribution in [0.2, 0.25) is 0 Å². The smallest absolute Gasteiger partial charge is 0.200 e. The topological polar surface area (TPSA) is 12.4 Å².